The zero-order valence-corrected chi connectivity index (χ0v) is 27.7. The number of amides is 2. The highest BCUT2D eigenvalue weighted by Crippen LogP contribution is 2.32. The van der Waals surface area contributed by atoms with E-state index in [2.05, 4.69) is 24.5 Å². The summed E-state index contributed by atoms with van der Waals surface area (Å²) >= 11 is 0. The van der Waals surface area contributed by atoms with E-state index in [9.17, 15) is 14.4 Å². The molecule has 3 N–H and O–H groups in total. The van der Waals surface area contributed by atoms with Crippen LogP contribution < -0.4 is 20.1 Å². The molecule has 0 radical (unpaired) electrons. The molecule has 45 heavy (non-hydrogen) atoms. The van der Waals surface area contributed by atoms with E-state index >= 15 is 0 Å². The monoisotopic (exact) mass is 624 g/mol. The van der Waals surface area contributed by atoms with Crippen LogP contribution in [0, 0.1) is 0 Å². The van der Waals surface area contributed by atoms with Gasteiger partial charge in [-0.2, -0.15) is 0 Å². The van der Waals surface area contributed by atoms with Crippen molar-refractivity contribution in [3.63, 3.8) is 0 Å². The third-order valence-electron chi connectivity index (χ3n) is 7.81. The molecule has 0 spiro atoms. The number of ether oxygens (including phenoxy) is 2. The van der Waals surface area contributed by atoms with Gasteiger partial charge in [0, 0.05) is 31.5 Å². The van der Waals surface area contributed by atoms with Crippen LogP contribution in [-0.2, 0) is 27.3 Å². The van der Waals surface area contributed by atoms with Crippen LogP contribution in [0.15, 0.2) is 42.5 Å². The van der Waals surface area contributed by atoms with Gasteiger partial charge in [-0.05, 0) is 54.7 Å². The van der Waals surface area contributed by atoms with E-state index in [0.29, 0.717) is 25.8 Å². The van der Waals surface area contributed by atoms with Gasteiger partial charge in [0.05, 0.1) is 0 Å². The summed E-state index contributed by atoms with van der Waals surface area (Å²) in [7, 11) is 0. The van der Waals surface area contributed by atoms with Crippen molar-refractivity contribution in [3.8, 4) is 11.5 Å². The molecular weight excluding hydrogens is 568 g/mol. The summed E-state index contributed by atoms with van der Waals surface area (Å²) in [4.78, 5) is 34.2. The van der Waals surface area contributed by atoms with E-state index in [4.69, 9.17) is 14.6 Å². The normalized spacial score (nSPS) is 11.4. The molecular formula is C37H56N2O6. The van der Waals surface area contributed by atoms with Gasteiger partial charge in [-0.3, -0.25) is 14.4 Å². The van der Waals surface area contributed by atoms with Crippen molar-refractivity contribution in [1.82, 2.24) is 5.32 Å². The van der Waals surface area contributed by atoms with Gasteiger partial charge in [0.25, 0.3) is 0 Å². The summed E-state index contributed by atoms with van der Waals surface area (Å²) in [6, 6.07) is 13.2. The Kier molecular flexibility index (Phi) is 19.9. The Balaban J connectivity index is 0.000000314. The van der Waals surface area contributed by atoms with Gasteiger partial charge in [-0.25, -0.2) is 0 Å². The lowest BCUT2D eigenvalue weighted by Crippen LogP contribution is -2.22. The summed E-state index contributed by atoms with van der Waals surface area (Å²) in [5, 5.41) is 14.5. The molecule has 3 rings (SSSR count). The molecule has 8 heteroatoms. The maximum atomic E-state index is 11.9. The molecule has 2 aromatic rings. The van der Waals surface area contributed by atoms with Crippen LogP contribution in [0.2, 0.25) is 0 Å². The van der Waals surface area contributed by atoms with Crippen molar-refractivity contribution in [2.75, 3.05) is 12.1 Å². The van der Waals surface area contributed by atoms with Gasteiger partial charge < -0.3 is 25.2 Å². The first-order valence-electron chi connectivity index (χ1n) is 17.2. The average molecular weight is 625 g/mol. The topological polar surface area (TPSA) is 114 Å². The first-order valence-corrected chi connectivity index (χ1v) is 17.2. The quantitative estimate of drug-likeness (QED) is 0.113. The standard InChI is InChI=1S/C19H29NO3.C18H27NO3/c1-2-3-4-5-6-7-8-9-18(21)20-17-13-10-16(11-14-17)12-15-19(22)23;1-2-3-4-5-6-7-8-9-18(20)19-13-15-10-11-16-17(12-15)22-14-21-16/h10-11,13-14H,2-9,12,15H2,1H3,(H,20,21)(H,22,23);10-12H,2-9,13-14H2,1H3,(H,19,20). The Hall–Kier alpha value is -3.55. The minimum absolute atomic E-state index is 0.0526. The zero-order chi connectivity index (χ0) is 32.5. The lowest BCUT2D eigenvalue weighted by atomic mass is 10.1. The molecule has 0 saturated heterocycles. The van der Waals surface area contributed by atoms with Gasteiger partial charge >= 0.3 is 5.97 Å². The number of carbonyl (C=O) groups is 3. The van der Waals surface area contributed by atoms with E-state index < -0.39 is 5.97 Å². The number of hydrogen-bond acceptors (Lipinski definition) is 5. The lowest BCUT2D eigenvalue weighted by molar-refractivity contribution is -0.137. The predicted octanol–water partition coefficient (Wildman–Crippen LogP) is 8.96. The molecule has 250 valence electrons. The molecule has 0 unspecified atom stereocenters. The maximum Gasteiger partial charge on any atom is 0.303 e. The molecule has 1 aliphatic heterocycles. The van der Waals surface area contributed by atoms with Gasteiger partial charge in [-0.1, -0.05) is 109 Å². The first kappa shape index (κ1) is 37.6. The second kappa shape index (κ2) is 23.8. The van der Waals surface area contributed by atoms with Crippen LogP contribution >= 0.6 is 0 Å². The largest absolute Gasteiger partial charge is 0.481 e. The van der Waals surface area contributed by atoms with Gasteiger partial charge in [0.1, 0.15) is 0 Å². The lowest BCUT2D eigenvalue weighted by Gasteiger charge is -2.06. The van der Waals surface area contributed by atoms with Crippen molar-refractivity contribution >= 4 is 23.5 Å². The van der Waals surface area contributed by atoms with Crippen molar-refractivity contribution in [2.45, 2.75) is 136 Å². The number of benzene rings is 2. The summed E-state index contributed by atoms with van der Waals surface area (Å²) < 4.78 is 10.6. The molecule has 1 aliphatic rings. The molecule has 0 bridgehead atoms. The van der Waals surface area contributed by atoms with E-state index in [0.717, 1.165) is 54.0 Å². The third-order valence-corrected chi connectivity index (χ3v) is 7.81. The predicted molar refractivity (Wildman–Crippen MR) is 181 cm³/mol. The number of carbonyl (C=O) groups excluding carboxylic acids is 2. The Bertz CT molecular complexity index is 1120. The number of anilines is 1. The number of carboxylic acids is 1. The van der Waals surface area contributed by atoms with Crippen LogP contribution in [-0.4, -0.2) is 29.7 Å². The molecule has 0 atom stereocenters. The first-order chi connectivity index (χ1) is 21.9. The highest BCUT2D eigenvalue weighted by Gasteiger charge is 2.13. The number of fused-ring (bicyclic) bond motifs is 1. The smallest absolute Gasteiger partial charge is 0.303 e. The van der Waals surface area contributed by atoms with Crippen molar-refractivity contribution in [1.29, 1.82) is 0 Å². The molecule has 0 aliphatic carbocycles. The van der Waals surface area contributed by atoms with E-state index in [1.165, 1.54) is 64.2 Å². The van der Waals surface area contributed by atoms with Gasteiger partial charge in [0.2, 0.25) is 18.6 Å². The zero-order valence-electron chi connectivity index (χ0n) is 27.7. The van der Waals surface area contributed by atoms with Crippen molar-refractivity contribution in [2.24, 2.45) is 0 Å². The fraction of sp³-hybridized carbons (Fsp3) is 0.595. The molecule has 0 fully saturated rings. The summed E-state index contributed by atoms with van der Waals surface area (Å²) in [5.74, 6) is 0.928. The van der Waals surface area contributed by atoms with Crippen LogP contribution in [0.25, 0.3) is 0 Å². The van der Waals surface area contributed by atoms with E-state index in [1.807, 2.05) is 42.5 Å². The van der Waals surface area contributed by atoms with Crippen LogP contribution in [0.1, 0.15) is 134 Å². The number of nitrogens with one attached hydrogen (secondary N) is 2. The van der Waals surface area contributed by atoms with Crippen LogP contribution in [0.3, 0.4) is 0 Å². The van der Waals surface area contributed by atoms with E-state index in [1.54, 1.807) is 0 Å². The van der Waals surface area contributed by atoms with Crippen molar-refractivity contribution in [3.05, 3.63) is 53.6 Å². The Labute approximate surface area is 270 Å². The molecule has 8 nitrogen and oxygen atoms in total. The Morgan fingerprint density at radius 2 is 1.18 bits per heavy atom. The Morgan fingerprint density at radius 1 is 0.644 bits per heavy atom. The van der Waals surface area contributed by atoms with Crippen molar-refractivity contribution < 1.29 is 29.0 Å². The average Bonchev–Trinajstić information content (AvgIpc) is 3.51. The second-order valence-corrected chi connectivity index (χ2v) is 11.8. The van der Waals surface area contributed by atoms with E-state index in [-0.39, 0.29) is 25.0 Å². The second-order valence-electron chi connectivity index (χ2n) is 11.8. The molecule has 2 aromatic carbocycles. The van der Waals surface area contributed by atoms with Crippen LogP contribution in [0.5, 0.6) is 11.5 Å². The fourth-order valence-electron chi connectivity index (χ4n) is 5.05. The molecule has 2 amide bonds. The molecule has 0 saturated carbocycles. The highest BCUT2D eigenvalue weighted by molar-refractivity contribution is 5.90. The third kappa shape index (κ3) is 18.1. The minimum atomic E-state index is -0.794. The molecule has 0 aromatic heterocycles. The van der Waals surface area contributed by atoms with Crippen LogP contribution in [0.4, 0.5) is 5.69 Å². The number of aryl methyl sites for hydroxylation is 1. The summed E-state index contributed by atoms with van der Waals surface area (Å²) in [5.41, 5.74) is 2.78. The minimum Gasteiger partial charge on any atom is -0.481 e. The number of unbranched alkanes of at least 4 members (excludes halogenated alkanes) is 12. The number of aliphatic carboxylic acids is 1. The molecule has 1 heterocycles. The van der Waals surface area contributed by atoms with Gasteiger partial charge in [-0.15, -0.1) is 0 Å². The summed E-state index contributed by atoms with van der Waals surface area (Å²) in [6.07, 6.45) is 18.9. The number of rotatable bonds is 22. The number of hydrogen-bond donors (Lipinski definition) is 3. The highest BCUT2D eigenvalue weighted by atomic mass is 16.7. The fourth-order valence-corrected chi connectivity index (χ4v) is 5.05. The SMILES string of the molecule is CCCCCCCCCC(=O)NCc1ccc2c(c1)OCO2.CCCCCCCCCC(=O)Nc1ccc(CCC(=O)O)cc1. The maximum absolute atomic E-state index is 11.9. The summed E-state index contributed by atoms with van der Waals surface area (Å²) in [6.45, 7) is 5.27. The number of carboxylic acid groups (broad SMARTS) is 1. The van der Waals surface area contributed by atoms with Gasteiger partial charge in [0.15, 0.2) is 11.5 Å². The Morgan fingerprint density at radius 3 is 1.78 bits per heavy atom.